The number of hydrogen-bond donors (Lipinski definition) is 1. The summed E-state index contributed by atoms with van der Waals surface area (Å²) in [5.41, 5.74) is 3.94. The summed E-state index contributed by atoms with van der Waals surface area (Å²) in [6, 6.07) is 10.5. The van der Waals surface area contributed by atoms with Gasteiger partial charge >= 0.3 is 0 Å². The van der Waals surface area contributed by atoms with E-state index in [9.17, 15) is 13.2 Å². The highest BCUT2D eigenvalue weighted by Gasteiger charge is 2.26. The van der Waals surface area contributed by atoms with Crippen LogP contribution < -0.4 is 10.2 Å². The predicted octanol–water partition coefficient (Wildman–Crippen LogP) is 3.42. The molecule has 0 spiro atoms. The highest BCUT2D eigenvalue weighted by Crippen LogP contribution is 2.28. The molecule has 1 saturated heterocycles. The van der Waals surface area contributed by atoms with Gasteiger partial charge in [-0.15, -0.1) is 0 Å². The maximum Gasteiger partial charge on any atom is 0.257 e. The second kappa shape index (κ2) is 9.80. The first-order valence-corrected chi connectivity index (χ1v) is 12.1. The summed E-state index contributed by atoms with van der Waals surface area (Å²) in [6.07, 6.45) is 0. The van der Waals surface area contributed by atoms with Crippen molar-refractivity contribution >= 4 is 27.3 Å². The predicted molar refractivity (Wildman–Crippen MR) is 123 cm³/mol. The van der Waals surface area contributed by atoms with Crippen LogP contribution in [0.25, 0.3) is 0 Å². The van der Waals surface area contributed by atoms with Gasteiger partial charge in [-0.2, -0.15) is 4.31 Å². The van der Waals surface area contributed by atoms with Gasteiger partial charge in [0.05, 0.1) is 23.7 Å². The fraction of sp³-hybridized carbons (Fsp3) is 0.435. The normalized spacial score (nSPS) is 14.7. The zero-order valence-corrected chi connectivity index (χ0v) is 19.5. The number of benzene rings is 2. The third-order valence-corrected chi connectivity index (χ3v) is 7.72. The number of aryl methyl sites for hydroxylation is 2. The Balaban J connectivity index is 2.02. The average Bonchev–Trinajstić information content (AvgIpc) is 2.77. The van der Waals surface area contributed by atoms with Crippen molar-refractivity contribution in [3.8, 4) is 0 Å². The number of rotatable bonds is 7. The van der Waals surface area contributed by atoms with Gasteiger partial charge in [-0.1, -0.05) is 19.9 Å². The molecule has 0 bridgehead atoms. The Morgan fingerprint density at radius 2 is 1.71 bits per heavy atom. The van der Waals surface area contributed by atoms with Crippen molar-refractivity contribution in [3.05, 3.63) is 53.1 Å². The molecule has 0 aliphatic carbocycles. The summed E-state index contributed by atoms with van der Waals surface area (Å²) in [5, 5.41) is 2.94. The minimum absolute atomic E-state index is 0.124. The molecule has 0 saturated carbocycles. The third kappa shape index (κ3) is 5.08. The lowest BCUT2D eigenvalue weighted by Gasteiger charge is -2.30. The van der Waals surface area contributed by atoms with Crippen molar-refractivity contribution in [2.45, 2.75) is 32.6 Å². The second-order valence-electron chi connectivity index (χ2n) is 7.62. The Hall–Kier alpha value is -2.42. The number of carbonyl (C=O) groups is 1. The van der Waals surface area contributed by atoms with Gasteiger partial charge in [0.1, 0.15) is 0 Å². The molecule has 0 radical (unpaired) electrons. The molecule has 168 valence electrons. The zero-order chi connectivity index (χ0) is 22.6. The molecule has 1 heterocycles. The van der Waals surface area contributed by atoms with Crippen molar-refractivity contribution in [3.63, 3.8) is 0 Å². The number of ether oxygens (including phenoxy) is 1. The minimum Gasteiger partial charge on any atom is -0.378 e. The summed E-state index contributed by atoms with van der Waals surface area (Å²) in [7, 11) is -3.68. The maximum absolute atomic E-state index is 13.3. The molecule has 1 amide bonds. The fourth-order valence-electron chi connectivity index (χ4n) is 3.67. The van der Waals surface area contributed by atoms with Gasteiger partial charge in [-0.05, 0) is 55.3 Å². The first-order chi connectivity index (χ1) is 14.8. The summed E-state index contributed by atoms with van der Waals surface area (Å²) < 4.78 is 32.9. The van der Waals surface area contributed by atoms with E-state index in [-0.39, 0.29) is 10.8 Å². The molecule has 31 heavy (non-hydrogen) atoms. The number of carbonyl (C=O) groups excluding carboxylic acids is 1. The molecule has 8 heteroatoms. The fourth-order valence-corrected chi connectivity index (χ4v) is 5.15. The van der Waals surface area contributed by atoms with Crippen LogP contribution in [-0.2, 0) is 14.8 Å². The van der Waals surface area contributed by atoms with Crippen LogP contribution in [0.2, 0.25) is 0 Å². The summed E-state index contributed by atoms with van der Waals surface area (Å²) >= 11 is 0. The first-order valence-electron chi connectivity index (χ1n) is 10.6. The molecular weight excluding hydrogens is 414 g/mol. The van der Waals surface area contributed by atoms with Crippen molar-refractivity contribution in [1.29, 1.82) is 0 Å². The van der Waals surface area contributed by atoms with Gasteiger partial charge in [-0.3, -0.25) is 4.79 Å². The van der Waals surface area contributed by atoms with E-state index in [1.165, 1.54) is 10.4 Å². The van der Waals surface area contributed by atoms with Crippen molar-refractivity contribution in [1.82, 2.24) is 4.31 Å². The Morgan fingerprint density at radius 1 is 1.03 bits per heavy atom. The topological polar surface area (TPSA) is 79.0 Å². The number of nitrogens with zero attached hydrogens (tertiary/aromatic N) is 2. The largest absolute Gasteiger partial charge is 0.378 e. The van der Waals surface area contributed by atoms with Crippen LogP contribution in [0, 0.1) is 13.8 Å². The number of anilines is 2. The van der Waals surface area contributed by atoms with Crippen LogP contribution in [-0.4, -0.2) is 58.0 Å². The zero-order valence-electron chi connectivity index (χ0n) is 18.6. The molecule has 0 unspecified atom stereocenters. The standard InChI is InChI=1S/C23H31N3O4S/c1-5-26(6-2)31(28,29)20-9-10-22(25-11-13-30-14-12-25)21(16-20)23(27)24-19-8-7-17(3)18(4)15-19/h7-10,15-16H,5-6,11-14H2,1-4H3,(H,24,27). The first kappa shape index (κ1) is 23.2. The Morgan fingerprint density at radius 3 is 2.32 bits per heavy atom. The average molecular weight is 446 g/mol. The van der Waals surface area contributed by atoms with Gasteiger partial charge in [0.2, 0.25) is 10.0 Å². The van der Waals surface area contributed by atoms with Crippen LogP contribution in [0.15, 0.2) is 41.3 Å². The number of amides is 1. The van der Waals surface area contributed by atoms with E-state index in [1.54, 1.807) is 26.0 Å². The van der Waals surface area contributed by atoms with Crippen molar-refractivity contribution in [2.24, 2.45) is 0 Å². The summed E-state index contributed by atoms with van der Waals surface area (Å²) in [6.45, 7) is 10.8. The number of hydrogen-bond acceptors (Lipinski definition) is 5. The van der Waals surface area contributed by atoms with Crippen LogP contribution in [0.3, 0.4) is 0 Å². The Kier molecular flexibility index (Phi) is 7.35. The van der Waals surface area contributed by atoms with E-state index < -0.39 is 10.0 Å². The second-order valence-corrected chi connectivity index (χ2v) is 9.56. The smallest absolute Gasteiger partial charge is 0.257 e. The van der Waals surface area contributed by atoms with Crippen LogP contribution >= 0.6 is 0 Å². The Bertz CT molecular complexity index is 1040. The SMILES string of the molecule is CCN(CC)S(=O)(=O)c1ccc(N2CCOCC2)c(C(=O)Nc2ccc(C)c(C)c2)c1. The molecular formula is C23H31N3O4S. The van der Waals surface area contributed by atoms with Crippen molar-refractivity contribution in [2.75, 3.05) is 49.6 Å². The molecule has 2 aromatic rings. The quantitative estimate of drug-likeness (QED) is 0.707. The van der Waals surface area contributed by atoms with E-state index >= 15 is 0 Å². The van der Waals surface area contributed by atoms with E-state index in [0.29, 0.717) is 56.3 Å². The lowest BCUT2D eigenvalue weighted by Crippen LogP contribution is -2.37. The number of morpholine rings is 1. The van der Waals surface area contributed by atoms with Gasteiger partial charge < -0.3 is 15.0 Å². The molecule has 1 fully saturated rings. The molecule has 1 aliphatic heterocycles. The van der Waals surface area contributed by atoms with Gasteiger partial charge in [0, 0.05) is 37.6 Å². The number of sulfonamides is 1. The van der Waals surface area contributed by atoms with E-state index in [2.05, 4.69) is 10.2 Å². The highest BCUT2D eigenvalue weighted by molar-refractivity contribution is 7.89. The monoisotopic (exact) mass is 445 g/mol. The number of nitrogens with one attached hydrogen (secondary N) is 1. The van der Waals surface area contributed by atoms with E-state index in [1.807, 2.05) is 32.0 Å². The third-order valence-electron chi connectivity index (χ3n) is 5.67. The van der Waals surface area contributed by atoms with Gasteiger partial charge in [-0.25, -0.2) is 8.42 Å². The molecule has 3 rings (SSSR count). The lowest BCUT2D eigenvalue weighted by atomic mass is 10.1. The minimum atomic E-state index is -3.68. The van der Waals surface area contributed by atoms with Crippen LogP contribution in [0.4, 0.5) is 11.4 Å². The molecule has 0 atom stereocenters. The summed E-state index contributed by atoms with van der Waals surface area (Å²) in [5.74, 6) is -0.332. The molecule has 1 aliphatic rings. The van der Waals surface area contributed by atoms with Crippen LogP contribution in [0.1, 0.15) is 35.3 Å². The van der Waals surface area contributed by atoms with E-state index in [0.717, 1.165) is 11.1 Å². The summed E-state index contributed by atoms with van der Waals surface area (Å²) in [4.78, 5) is 15.5. The molecule has 2 aromatic carbocycles. The van der Waals surface area contributed by atoms with Gasteiger partial charge in [0.25, 0.3) is 5.91 Å². The highest BCUT2D eigenvalue weighted by atomic mass is 32.2. The maximum atomic E-state index is 13.3. The Labute approximate surface area is 185 Å². The molecule has 1 N–H and O–H groups in total. The van der Waals surface area contributed by atoms with E-state index in [4.69, 9.17) is 4.74 Å². The van der Waals surface area contributed by atoms with Gasteiger partial charge in [0.15, 0.2) is 0 Å². The van der Waals surface area contributed by atoms with Crippen molar-refractivity contribution < 1.29 is 17.9 Å². The van der Waals surface area contributed by atoms with Crippen LogP contribution in [0.5, 0.6) is 0 Å². The molecule has 0 aromatic heterocycles. The molecule has 7 nitrogen and oxygen atoms in total. The lowest BCUT2D eigenvalue weighted by molar-refractivity contribution is 0.102.